The SMILES string of the molecule is C1=CCC(C2Cn3c(-n4c5ccccc5c5c6c(c(C7CCc8c(c9ccccc9n8-c8ccccc8)C7)cc54)C=Cc4c(ccc5ccccc45)S6)cn32)C=C1. The Bertz CT molecular complexity index is 3210. The first kappa shape index (κ1) is 32.0. The van der Waals surface area contributed by atoms with Gasteiger partial charge in [-0.3, -0.25) is 13.9 Å². The minimum atomic E-state index is 0.381. The summed E-state index contributed by atoms with van der Waals surface area (Å²) in [4.78, 5) is 2.71. The molecule has 13 rings (SSSR count). The van der Waals surface area contributed by atoms with Gasteiger partial charge in [0, 0.05) is 43.2 Å². The fraction of sp³-hybridized carbons (Fsp3) is 0.154. The molecule has 5 heteroatoms. The van der Waals surface area contributed by atoms with E-state index in [0.717, 1.165) is 32.2 Å². The number of hydrogen-bond donors (Lipinski definition) is 0. The monoisotopic (exact) mass is 752 g/mol. The van der Waals surface area contributed by atoms with Gasteiger partial charge in [0.25, 0.3) is 0 Å². The van der Waals surface area contributed by atoms with Crippen molar-refractivity contribution < 1.29 is 0 Å². The van der Waals surface area contributed by atoms with E-state index in [0.29, 0.717) is 17.9 Å². The maximum absolute atomic E-state index is 2.61. The van der Waals surface area contributed by atoms with E-state index in [9.17, 15) is 0 Å². The third kappa shape index (κ3) is 4.58. The van der Waals surface area contributed by atoms with Crippen molar-refractivity contribution >= 4 is 67.4 Å². The summed E-state index contributed by atoms with van der Waals surface area (Å²) in [5.41, 5.74) is 12.3. The Morgan fingerprint density at radius 2 is 1.44 bits per heavy atom. The van der Waals surface area contributed by atoms with Gasteiger partial charge in [0.1, 0.15) is 0 Å². The van der Waals surface area contributed by atoms with Crippen LogP contribution in [0.25, 0.3) is 67.1 Å². The number of aromatic nitrogens is 4. The van der Waals surface area contributed by atoms with Crippen LogP contribution in [0, 0.1) is 5.92 Å². The molecule has 0 amide bonds. The van der Waals surface area contributed by atoms with Gasteiger partial charge in [-0.25, -0.2) is 0 Å². The van der Waals surface area contributed by atoms with Gasteiger partial charge in [-0.05, 0) is 101 Å². The molecule has 0 saturated heterocycles. The summed E-state index contributed by atoms with van der Waals surface area (Å²) < 4.78 is 10.1. The van der Waals surface area contributed by atoms with Crippen LogP contribution in [0.15, 0.2) is 162 Å². The highest BCUT2D eigenvalue weighted by Gasteiger charge is 2.37. The summed E-state index contributed by atoms with van der Waals surface area (Å²) in [5, 5.41) is 6.70. The molecule has 0 radical (unpaired) electrons. The Labute approximate surface area is 335 Å². The molecule has 0 spiro atoms. The lowest BCUT2D eigenvalue weighted by Gasteiger charge is -2.45. The Balaban J connectivity index is 1.03. The van der Waals surface area contributed by atoms with E-state index in [4.69, 9.17) is 0 Å². The van der Waals surface area contributed by atoms with Crippen LogP contribution in [0.2, 0.25) is 0 Å². The summed E-state index contributed by atoms with van der Waals surface area (Å²) in [6.45, 7) is 1.05. The zero-order valence-electron chi connectivity index (χ0n) is 31.6. The van der Waals surface area contributed by atoms with Gasteiger partial charge in [0.05, 0.1) is 35.3 Å². The summed E-state index contributed by atoms with van der Waals surface area (Å²) in [6, 6.07) is 45.8. The molecule has 0 saturated carbocycles. The fourth-order valence-electron chi connectivity index (χ4n) is 10.8. The third-order valence-electron chi connectivity index (χ3n) is 13.5. The quantitative estimate of drug-likeness (QED) is 0.175. The van der Waals surface area contributed by atoms with Crippen molar-refractivity contribution in [2.45, 2.75) is 54.0 Å². The van der Waals surface area contributed by atoms with E-state index in [-0.39, 0.29) is 0 Å². The first-order chi connectivity index (χ1) is 28.3. The zero-order chi connectivity index (χ0) is 37.2. The topological polar surface area (TPSA) is 19.7 Å². The Hall–Kier alpha value is -6.17. The first-order valence-electron chi connectivity index (χ1n) is 20.5. The number of allylic oxidation sites excluding steroid dienone is 4. The van der Waals surface area contributed by atoms with Crippen molar-refractivity contribution in [2.75, 3.05) is 0 Å². The second-order valence-corrected chi connectivity index (χ2v) is 17.4. The highest BCUT2D eigenvalue weighted by molar-refractivity contribution is 7.99. The standard InChI is InChI=1S/C52H40N4S/c1-3-14-34(15-4-1)48-31-54-50(32-53(48)54)56-45-22-12-10-20-41(45)51-47(56)30-42(40-26-25-39-37-18-8-7-13-33(37)24-28-49(39)57-52(40)51)35-23-27-46-43(29-35)38-19-9-11-21-44(38)55(46)36-16-5-2-6-17-36/h1-14,16-22,24-26,28,30,32,34-35,48H,15,23,27,29,31H2. The van der Waals surface area contributed by atoms with Crippen LogP contribution in [-0.4, -0.2) is 18.5 Å². The Kier molecular flexibility index (Phi) is 6.82. The van der Waals surface area contributed by atoms with Gasteiger partial charge >= 0.3 is 0 Å². The van der Waals surface area contributed by atoms with Crippen LogP contribution < -0.4 is 0 Å². The van der Waals surface area contributed by atoms with Crippen molar-refractivity contribution in [3.05, 3.63) is 180 Å². The van der Waals surface area contributed by atoms with Gasteiger partial charge in [-0.2, -0.15) is 0 Å². The molecule has 3 unspecified atom stereocenters. The van der Waals surface area contributed by atoms with Crippen LogP contribution in [0.5, 0.6) is 0 Å². The molecule has 274 valence electrons. The summed E-state index contributed by atoms with van der Waals surface area (Å²) in [7, 11) is 0. The van der Waals surface area contributed by atoms with E-state index in [2.05, 4.69) is 182 Å². The van der Waals surface area contributed by atoms with Crippen molar-refractivity contribution in [3.8, 4) is 11.5 Å². The molecule has 4 aliphatic rings. The largest absolute Gasteiger partial charge is 0.313 e. The van der Waals surface area contributed by atoms with Crippen LogP contribution in [0.3, 0.4) is 0 Å². The molecule has 2 aliphatic heterocycles. The molecule has 9 aromatic rings. The zero-order valence-corrected chi connectivity index (χ0v) is 32.4. The second-order valence-electron chi connectivity index (χ2n) is 16.4. The minimum Gasteiger partial charge on any atom is -0.313 e. The lowest BCUT2D eigenvalue weighted by atomic mass is 9.79. The number of hydrogen-bond acceptors (Lipinski definition) is 1. The van der Waals surface area contributed by atoms with Crippen molar-refractivity contribution in [1.82, 2.24) is 18.5 Å². The fourth-order valence-corrected chi connectivity index (χ4v) is 12.0. The predicted molar refractivity (Wildman–Crippen MR) is 237 cm³/mol. The van der Waals surface area contributed by atoms with Crippen molar-refractivity contribution in [1.29, 1.82) is 0 Å². The van der Waals surface area contributed by atoms with Crippen LogP contribution >= 0.6 is 11.8 Å². The maximum Gasteiger partial charge on any atom is 0.151 e. The Morgan fingerprint density at radius 3 is 2.26 bits per heavy atom. The lowest BCUT2D eigenvalue weighted by molar-refractivity contribution is 0.139. The first-order valence-corrected chi connectivity index (χ1v) is 21.4. The number of nitrogens with zero attached hydrogens (tertiary/aromatic N) is 4. The molecule has 6 aromatic carbocycles. The second kappa shape index (κ2) is 12.2. The van der Waals surface area contributed by atoms with E-state index >= 15 is 0 Å². The van der Waals surface area contributed by atoms with E-state index in [1.807, 2.05) is 11.8 Å². The van der Waals surface area contributed by atoms with E-state index in [1.54, 1.807) is 0 Å². The van der Waals surface area contributed by atoms with Crippen LogP contribution in [-0.2, 0) is 19.4 Å². The number of fused-ring (bicyclic) bond motifs is 12. The maximum atomic E-state index is 2.61. The molecule has 0 N–H and O–H groups in total. The van der Waals surface area contributed by atoms with Gasteiger partial charge in [-0.15, -0.1) is 0 Å². The lowest BCUT2D eigenvalue weighted by Crippen LogP contribution is -2.45. The summed E-state index contributed by atoms with van der Waals surface area (Å²) in [6.07, 6.45) is 20.7. The molecule has 2 aliphatic carbocycles. The van der Waals surface area contributed by atoms with Crippen molar-refractivity contribution in [3.63, 3.8) is 0 Å². The van der Waals surface area contributed by atoms with Gasteiger partial charge in [-0.1, -0.05) is 133 Å². The van der Waals surface area contributed by atoms with Crippen molar-refractivity contribution in [2.24, 2.45) is 5.92 Å². The van der Waals surface area contributed by atoms with Gasteiger partial charge in [0.2, 0.25) is 0 Å². The van der Waals surface area contributed by atoms with Crippen LogP contribution in [0.4, 0.5) is 0 Å². The molecule has 3 atom stereocenters. The predicted octanol–water partition coefficient (Wildman–Crippen LogP) is 13.1. The number of para-hydroxylation sites is 3. The molecule has 0 fully saturated rings. The van der Waals surface area contributed by atoms with E-state index in [1.165, 1.54) is 92.7 Å². The number of rotatable bonds is 4. The highest BCUT2D eigenvalue weighted by Crippen LogP contribution is 2.51. The average molecular weight is 753 g/mol. The minimum absolute atomic E-state index is 0.381. The molecular formula is C52H40N4S. The summed E-state index contributed by atoms with van der Waals surface area (Å²) in [5.74, 6) is 2.23. The molecule has 0 bridgehead atoms. The smallest absolute Gasteiger partial charge is 0.151 e. The highest BCUT2D eigenvalue weighted by atomic mass is 32.2. The normalized spacial score (nSPS) is 19.5. The summed E-state index contributed by atoms with van der Waals surface area (Å²) >= 11 is 1.98. The number of benzene rings is 6. The van der Waals surface area contributed by atoms with Crippen LogP contribution in [0.1, 0.15) is 52.7 Å². The van der Waals surface area contributed by atoms with Gasteiger partial charge < -0.3 is 4.57 Å². The molecule has 5 heterocycles. The molecule has 57 heavy (non-hydrogen) atoms. The Morgan fingerprint density at radius 1 is 0.667 bits per heavy atom. The third-order valence-corrected chi connectivity index (χ3v) is 14.7. The molecule has 3 aromatic heterocycles. The average Bonchev–Trinajstić information content (AvgIpc) is 3.68. The molecular weight excluding hydrogens is 713 g/mol. The molecule has 4 nitrogen and oxygen atoms in total. The van der Waals surface area contributed by atoms with E-state index < -0.39 is 0 Å². The van der Waals surface area contributed by atoms with Gasteiger partial charge in [0.15, 0.2) is 5.82 Å².